The summed E-state index contributed by atoms with van der Waals surface area (Å²) in [5.74, 6) is -0.104. The summed E-state index contributed by atoms with van der Waals surface area (Å²) in [5, 5.41) is 3.57. The number of hydrogen-bond donors (Lipinski definition) is 1. The minimum absolute atomic E-state index is 0.104. The van der Waals surface area contributed by atoms with Crippen LogP contribution in [-0.4, -0.2) is 25.2 Å². The molecule has 2 nitrogen and oxygen atoms in total. The van der Waals surface area contributed by atoms with Gasteiger partial charge in [-0.1, -0.05) is 36.4 Å². The zero-order valence-electron chi connectivity index (χ0n) is 14.0. The fourth-order valence-electron chi connectivity index (χ4n) is 4.24. The monoisotopic (exact) mass is 324 g/mol. The van der Waals surface area contributed by atoms with Crippen LogP contribution in [0.4, 0.5) is 10.1 Å². The second kappa shape index (κ2) is 6.94. The Labute approximate surface area is 143 Å². The fraction of sp³-hybridized carbons (Fsp3) is 0.429. The van der Waals surface area contributed by atoms with Crippen LogP contribution in [0.5, 0.6) is 0 Å². The van der Waals surface area contributed by atoms with Crippen molar-refractivity contribution in [2.75, 3.05) is 18.0 Å². The topological polar surface area (TPSA) is 15.3 Å². The molecule has 1 fully saturated rings. The Bertz CT molecular complexity index is 669. The molecule has 0 spiro atoms. The molecule has 2 aliphatic rings. The van der Waals surface area contributed by atoms with Gasteiger partial charge in [0, 0.05) is 18.6 Å². The van der Waals surface area contributed by atoms with E-state index in [-0.39, 0.29) is 5.82 Å². The van der Waals surface area contributed by atoms with Gasteiger partial charge in [-0.25, -0.2) is 4.39 Å². The predicted molar refractivity (Wildman–Crippen MR) is 97.0 cm³/mol. The van der Waals surface area contributed by atoms with E-state index in [1.165, 1.54) is 24.0 Å². The Morgan fingerprint density at radius 2 is 1.71 bits per heavy atom. The molecule has 1 aliphatic heterocycles. The van der Waals surface area contributed by atoms with Gasteiger partial charge in [-0.05, 0) is 61.9 Å². The molecule has 3 heteroatoms. The Morgan fingerprint density at radius 1 is 1.00 bits per heavy atom. The number of para-hydroxylation sites is 1. The summed E-state index contributed by atoms with van der Waals surface area (Å²) < 4.78 is 14.5. The maximum atomic E-state index is 14.5. The van der Waals surface area contributed by atoms with Gasteiger partial charge in [-0.15, -0.1) is 0 Å². The van der Waals surface area contributed by atoms with Gasteiger partial charge in [-0.2, -0.15) is 0 Å². The molecular weight excluding hydrogens is 299 g/mol. The van der Waals surface area contributed by atoms with Crippen LogP contribution in [0.2, 0.25) is 0 Å². The Hall–Kier alpha value is -1.87. The van der Waals surface area contributed by atoms with Crippen molar-refractivity contribution in [1.29, 1.82) is 0 Å². The van der Waals surface area contributed by atoms with Crippen molar-refractivity contribution < 1.29 is 4.39 Å². The minimum atomic E-state index is -0.104. The minimum Gasteiger partial charge on any atom is -0.365 e. The molecule has 2 aromatic carbocycles. The first-order chi connectivity index (χ1) is 11.8. The first kappa shape index (κ1) is 15.6. The molecule has 0 amide bonds. The Kier molecular flexibility index (Phi) is 4.52. The number of nitrogens with one attached hydrogen (secondary N) is 1. The molecule has 0 radical (unpaired) electrons. The third-order valence-electron chi connectivity index (χ3n) is 5.51. The second-order valence-electron chi connectivity index (χ2n) is 7.06. The van der Waals surface area contributed by atoms with Crippen LogP contribution in [0.1, 0.15) is 30.4 Å². The highest BCUT2D eigenvalue weighted by molar-refractivity contribution is 5.51. The van der Waals surface area contributed by atoms with Crippen molar-refractivity contribution in [3.8, 4) is 0 Å². The van der Waals surface area contributed by atoms with E-state index >= 15 is 0 Å². The van der Waals surface area contributed by atoms with Crippen LogP contribution < -0.4 is 10.2 Å². The van der Waals surface area contributed by atoms with E-state index in [9.17, 15) is 4.39 Å². The molecule has 1 N–H and O–H groups in total. The van der Waals surface area contributed by atoms with Gasteiger partial charge in [0.1, 0.15) is 5.82 Å². The van der Waals surface area contributed by atoms with Gasteiger partial charge < -0.3 is 10.2 Å². The van der Waals surface area contributed by atoms with Crippen molar-refractivity contribution in [2.45, 2.75) is 44.2 Å². The molecular formula is C21H25FN2. The van der Waals surface area contributed by atoms with Crippen LogP contribution in [0.15, 0.2) is 48.5 Å². The van der Waals surface area contributed by atoms with Crippen molar-refractivity contribution in [2.24, 2.45) is 0 Å². The number of nitrogens with zero attached hydrogens (tertiary/aromatic N) is 1. The molecule has 0 saturated carbocycles. The number of halogens is 1. The molecule has 1 atom stereocenters. The summed E-state index contributed by atoms with van der Waals surface area (Å²) in [4.78, 5) is 2.31. The lowest BCUT2D eigenvalue weighted by Gasteiger charge is -2.32. The number of anilines is 1. The van der Waals surface area contributed by atoms with Gasteiger partial charge in [-0.3, -0.25) is 0 Å². The second-order valence-corrected chi connectivity index (χ2v) is 7.06. The van der Waals surface area contributed by atoms with Gasteiger partial charge in [0.15, 0.2) is 0 Å². The van der Waals surface area contributed by atoms with Crippen LogP contribution in [0, 0.1) is 5.82 Å². The lowest BCUT2D eigenvalue weighted by Crippen LogP contribution is -2.39. The first-order valence-electron chi connectivity index (χ1n) is 9.12. The van der Waals surface area contributed by atoms with Crippen molar-refractivity contribution in [3.63, 3.8) is 0 Å². The lowest BCUT2D eigenvalue weighted by atomic mass is 10.1. The van der Waals surface area contributed by atoms with Crippen LogP contribution in [-0.2, 0) is 12.8 Å². The number of fused-ring (bicyclic) bond motifs is 1. The molecule has 4 rings (SSSR count). The SMILES string of the molecule is Fc1ccccc1N(CCC1CCCN1)C1Cc2ccccc2C1. The normalized spacial score (nSPS) is 20.3. The van der Waals surface area contributed by atoms with E-state index < -0.39 is 0 Å². The quantitative estimate of drug-likeness (QED) is 0.896. The maximum absolute atomic E-state index is 14.5. The van der Waals surface area contributed by atoms with Crippen molar-refractivity contribution >= 4 is 5.69 Å². The zero-order valence-corrected chi connectivity index (χ0v) is 14.0. The van der Waals surface area contributed by atoms with E-state index in [0.717, 1.165) is 38.0 Å². The van der Waals surface area contributed by atoms with E-state index in [1.807, 2.05) is 12.1 Å². The maximum Gasteiger partial charge on any atom is 0.146 e. The highest BCUT2D eigenvalue weighted by Crippen LogP contribution is 2.30. The van der Waals surface area contributed by atoms with Crippen molar-refractivity contribution in [3.05, 3.63) is 65.5 Å². The zero-order chi connectivity index (χ0) is 16.4. The average Bonchev–Trinajstić information content (AvgIpc) is 3.25. The molecule has 1 aliphatic carbocycles. The largest absolute Gasteiger partial charge is 0.365 e. The summed E-state index contributed by atoms with van der Waals surface area (Å²) in [6.45, 7) is 2.04. The predicted octanol–water partition coefficient (Wildman–Crippen LogP) is 3.94. The van der Waals surface area contributed by atoms with E-state index in [2.05, 4.69) is 34.5 Å². The third kappa shape index (κ3) is 3.18. The van der Waals surface area contributed by atoms with E-state index in [1.54, 1.807) is 12.1 Å². The molecule has 0 aromatic heterocycles. The molecule has 1 unspecified atom stereocenters. The summed E-state index contributed by atoms with van der Waals surface area (Å²) in [6, 6.07) is 16.8. The molecule has 1 heterocycles. The van der Waals surface area contributed by atoms with Gasteiger partial charge in [0.2, 0.25) is 0 Å². The van der Waals surface area contributed by atoms with Gasteiger partial charge >= 0.3 is 0 Å². The molecule has 2 aromatic rings. The summed E-state index contributed by atoms with van der Waals surface area (Å²) >= 11 is 0. The van der Waals surface area contributed by atoms with E-state index in [0.29, 0.717) is 12.1 Å². The molecule has 0 bridgehead atoms. The summed E-state index contributed by atoms with van der Waals surface area (Å²) in [7, 11) is 0. The van der Waals surface area contributed by atoms with Gasteiger partial charge in [0.25, 0.3) is 0 Å². The Balaban J connectivity index is 1.55. The number of rotatable bonds is 5. The number of hydrogen-bond acceptors (Lipinski definition) is 2. The fourth-order valence-corrected chi connectivity index (χ4v) is 4.24. The van der Waals surface area contributed by atoms with E-state index in [4.69, 9.17) is 0 Å². The highest BCUT2D eigenvalue weighted by atomic mass is 19.1. The highest BCUT2D eigenvalue weighted by Gasteiger charge is 2.28. The lowest BCUT2D eigenvalue weighted by molar-refractivity contribution is 0.512. The molecule has 126 valence electrons. The van der Waals surface area contributed by atoms with Crippen LogP contribution in [0.25, 0.3) is 0 Å². The van der Waals surface area contributed by atoms with Crippen LogP contribution in [0.3, 0.4) is 0 Å². The summed E-state index contributed by atoms with van der Waals surface area (Å²) in [5.41, 5.74) is 3.60. The van der Waals surface area contributed by atoms with Crippen LogP contribution >= 0.6 is 0 Å². The average molecular weight is 324 g/mol. The molecule has 24 heavy (non-hydrogen) atoms. The summed E-state index contributed by atoms with van der Waals surface area (Å²) in [6.07, 6.45) is 5.63. The standard InChI is InChI=1S/C21H25FN2/c22-20-9-3-4-10-21(20)24(13-11-18-8-5-12-23-18)19-14-16-6-1-2-7-17(16)15-19/h1-4,6-7,9-10,18-19,23H,5,8,11-15H2. The van der Waals surface area contributed by atoms with Crippen molar-refractivity contribution in [1.82, 2.24) is 5.32 Å². The smallest absolute Gasteiger partial charge is 0.146 e. The third-order valence-corrected chi connectivity index (χ3v) is 5.51. The Morgan fingerprint density at radius 3 is 2.38 bits per heavy atom. The molecule has 1 saturated heterocycles. The first-order valence-corrected chi connectivity index (χ1v) is 9.12. The van der Waals surface area contributed by atoms with Gasteiger partial charge in [0.05, 0.1) is 5.69 Å². The number of benzene rings is 2.